The van der Waals surface area contributed by atoms with E-state index in [1.807, 2.05) is 6.07 Å². The molecule has 212 valence electrons. The number of hydrogen-bond donors (Lipinski definition) is 1. The third kappa shape index (κ3) is 5.15. The Morgan fingerprint density at radius 3 is 2.36 bits per heavy atom. The second kappa shape index (κ2) is 11.4. The number of aliphatic hydroxyl groups is 1. The van der Waals surface area contributed by atoms with Crippen molar-refractivity contribution < 1.29 is 18.3 Å². The molecule has 0 fully saturated rings. The molecule has 6 aromatic rings. The van der Waals surface area contributed by atoms with Crippen LogP contribution in [0.3, 0.4) is 0 Å². The Kier molecular flexibility index (Phi) is 7.50. The molecule has 0 aliphatic rings. The lowest BCUT2D eigenvalue weighted by atomic mass is 9.98. The van der Waals surface area contributed by atoms with Crippen LogP contribution in [0.1, 0.15) is 30.0 Å². The summed E-state index contributed by atoms with van der Waals surface area (Å²) in [5, 5.41) is 27.3. The summed E-state index contributed by atoms with van der Waals surface area (Å²) < 4.78 is 45.7. The molecule has 2 aromatic carbocycles. The van der Waals surface area contributed by atoms with E-state index in [0.717, 1.165) is 0 Å². The van der Waals surface area contributed by atoms with Crippen LogP contribution in [0.5, 0.6) is 0 Å². The fourth-order valence-corrected chi connectivity index (χ4v) is 4.97. The van der Waals surface area contributed by atoms with Crippen molar-refractivity contribution in [3.05, 3.63) is 119 Å². The van der Waals surface area contributed by atoms with Crippen LogP contribution in [-0.4, -0.2) is 44.6 Å². The fraction of sp³-hybridized carbons (Fsp3) is 0.107. The highest BCUT2D eigenvalue weighted by atomic mass is 35.5. The number of halogens is 5. The van der Waals surface area contributed by atoms with Crippen molar-refractivity contribution in [2.75, 3.05) is 0 Å². The van der Waals surface area contributed by atoms with Gasteiger partial charge in [0, 0.05) is 35.3 Å². The first kappa shape index (κ1) is 27.6. The number of rotatable bonds is 8. The Balaban J connectivity index is 1.43. The van der Waals surface area contributed by atoms with Gasteiger partial charge in [-0.3, -0.25) is 9.67 Å². The number of alkyl halides is 2. The van der Waals surface area contributed by atoms with E-state index in [4.69, 9.17) is 23.2 Å². The van der Waals surface area contributed by atoms with Crippen molar-refractivity contribution in [2.24, 2.45) is 0 Å². The van der Waals surface area contributed by atoms with Gasteiger partial charge in [0.25, 0.3) is 0 Å². The molecule has 0 spiro atoms. The van der Waals surface area contributed by atoms with Crippen LogP contribution in [0.4, 0.5) is 13.2 Å². The van der Waals surface area contributed by atoms with Gasteiger partial charge in [-0.05, 0) is 29.8 Å². The quantitative estimate of drug-likeness (QED) is 0.210. The molecule has 2 atom stereocenters. The average molecular weight is 611 g/mol. The molecule has 42 heavy (non-hydrogen) atoms. The molecule has 4 heterocycles. The van der Waals surface area contributed by atoms with E-state index in [2.05, 4.69) is 25.5 Å². The second-order valence-corrected chi connectivity index (χ2v) is 9.96. The van der Waals surface area contributed by atoms with Crippen LogP contribution in [0, 0.1) is 5.82 Å². The molecule has 0 aliphatic heterocycles. The Morgan fingerprint density at radius 2 is 1.67 bits per heavy atom. The molecule has 6 rings (SSSR count). The van der Waals surface area contributed by atoms with Gasteiger partial charge >= 0.3 is 6.55 Å². The average Bonchev–Trinajstić information content (AvgIpc) is 3.77. The van der Waals surface area contributed by atoms with Crippen molar-refractivity contribution in [3.8, 4) is 28.1 Å². The summed E-state index contributed by atoms with van der Waals surface area (Å²) >= 11 is 12.0. The van der Waals surface area contributed by atoms with E-state index in [1.54, 1.807) is 42.5 Å². The number of nitrogens with zero attached hydrogens (tertiary/aromatic N) is 8. The summed E-state index contributed by atoms with van der Waals surface area (Å²) in [7, 11) is 0. The van der Waals surface area contributed by atoms with Gasteiger partial charge < -0.3 is 5.11 Å². The molecule has 0 bridgehead atoms. The Labute approximate surface area is 246 Å². The van der Waals surface area contributed by atoms with Crippen LogP contribution < -0.4 is 0 Å². The molecular formula is C28H19Cl2F3N8O. The van der Waals surface area contributed by atoms with Crippen LogP contribution in [-0.2, 0) is 0 Å². The molecule has 0 radical (unpaired) electrons. The number of aromatic nitrogens is 8. The molecule has 0 aliphatic carbocycles. The summed E-state index contributed by atoms with van der Waals surface area (Å²) in [6.07, 6.45) is 5.95. The molecule has 14 heteroatoms. The van der Waals surface area contributed by atoms with E-state index < -0.39 is 24.5 Å². The van der Waals surface area contributed by atoms with Gasteiger partial charge in [-0.15, -0.1) is 5.10 Å². The van der Waals surface area contributed by atoms with Gasteiger partial charge in [-0.25, -0.2) is 13.8 Å². The monoisotopic (exact) mass is 610 g/mol. The standard InChI is InChI=1S/C28H19Cl2F3N8O/c29-19-7-9-22(39-15-23(30)37-38-39)24(25(19)31)17-6-8-20(34-12-17)26(27(42)16-4-2-1-3-5-16)40-14-18(13-36-40)21-10-11-35-41(21)28(32)33/h1-15,26-28,42H/t26-,27+/m1/s1. The van der Waals surface area contributed by atoms with E-state index in [1.165, 1.54) is 52.5 Å². The molecular weight excluding hydrogens is 592 g/mol. The normalized spacial score (nSPS) is 13.0. The van der Waals surface area contributed by atoms with Crippen molar-refractivity contribution in [2.45, 2.75) is 18.7 Å². The Hall–Kier alpha value is -4.52. The summed E-state index contributed by atoms with van der Waals surface area (Å²) in [6, 6.07) is 15.7. The lowest BCUT2D eigenvalue weighted by molar-refractivity contribution is 0.0585. The minimum atomic E-state index is -2.84. The molecule has 9 nitrogen and oxygen atoms in total. The molecule has 0 amide bonds. The van der Waals surface area contributed by atoms with Crippen LogP contribution in [0.2, 0.25) is 10.2 Å². The van der Waals surface area contributed by atoms with Crippen molar-refractivity contribution in [1.82, 2.24) is 39.5 Å². The minimum absolute atomic E-state index is 0.103. The Morgan fingerprint density at radius 1 is 0.857 bits per heavy atom. The number of aliphatic hydroxyl groups excluding tert-OH is 1. The van der Waals surface area contributed by atoms with Crippen LogP contribution in [0.15, 0.2) is 91.6 Å². The third-order valence-electron chi connectivity index (χ3n) is 6.64. The second-order valence-electron chi connectivity index (χ2n) is 9.16. The molecule has 1 N–H and O–H groups in total. The first-order valence-electron chi connectivity index (χ1n) is 12.4. The van der Waals surface area contributed by atoms with Crippen LogP contribution >= 0.6 is 23.2 Å². The maximum Gasteiger partial charge on any atom is 0.333 e. The van der Waals surface area contributed by atoms with Crippen molar-refractivity contribution in [3.63, 3.8) is 0 Å². The molecule has 0 saturated heterocycles. The number of hydrogen-bond acceptors (Lipinski definition) is 6. The largest absolute Gasteiger partial charge is 0.386 e. The predicted octanol–water partition coefficient (Wildman–Crippen LogP) is 6.55. The van der Waals surface area contributed by atoms with E-state index in [0.29, 0.717) is 32.8 Å². The van der Waals surface area contributed by atoms with Gasteiger partial charge in [0.1, 0.15) is 12.1 Å². The summed E-state index contributed by atoms with van der Waals surface area (Å²) in [5.41, 5.74) is 2.30. The maximum atomic E-state index is 15.4. The van der Waals surface area contributed by atoms with Gasteiger partial charge in [0.15, 0.2) is 11.0 Å². The topological polar surface area (TPSA) is 99.5 Å². The third-order valence-corrected chi connectivity index (χ3v) is 7.11. The van der Waals surface area contributed by atoms with E-state index in [9.17, 15) is 13.9 Å². The molecule has 4 aromatic heterocycles. The SMILES string of the molecule is O[C@@H](c1ccccc1)[C@@H](c1ccc(-c2c(-n3cc(Cl)nn3)ccc(Cl)c2F)cn1)n1cc(-c2ccnn2C(F)F)cn1. The lowest BCUT2D eigenvalue weighted by Crippen LogP contribution is -2.21. The highest BCUT2D eigenvalue weighted by Crippen LogP contribution is 2.36. The van der Waals surface area contributed by atoms with E-state index in [-0.39, 0.29) is 21.4 Å². The maximum absolute atomic E-state index is 15.4. The van der Waals surface area contributed by atoms with Gasteiger partial charge in [-0.2, -0.15) is 19.0 Å². The lowest BCUT2D eigenvalue weighted by Gasteiger charge is -2.24. The zero-order valence-corrected chi connectivity index (χ0v) is 22.8. The van der Waals surface area contributed by atoms with E-state index >= 15 is 4.39 Å². The smallest absolute Gasteiger partial charge is 0.333 e. The van der Waals surface area contributed by atoms with Crippen molar-refractivity contribution >= 4 is 23.2 Å². The highest BCUT2D eigenvalue weighted by molar-refractivity contribution is 6.31. The number of pyridine rings is 1. The minimum Gasteiger partial charge on any atom is -0.386 e. The first-order chi connectivity index (χ1) is 20.3. The summed E-state index contributed by atoms with van der Waals surface area (Å²) in [4.78, 5) is 4.57. The summed E-state index contributed by atoms with van der Waals surface area (Å²) in [6.45, 7) is -2.84. The van der Waals surface area contributed by atoms with Crippen LogP contribution in [0.25, 0.3) is 28.1 Å². The fourth-order valence-electron chi connectivity index (χ4n) is 4.69. The molecule has 0 unspecified atom stereocenters. The van der Waals surface area contributed by atoms with Crippen molar-refractivity contribution in [1.29, 1.82) is 0 Å². The zero-order valence-electron chi connectivity index (χ0n) is 21.3. The zero-order chi connectivity index (χ0) is 29.4. The van der Waals surface area contributed by atoms with Gasteiger partial charge in [0.2, 0.25) is 0 Å². The summed E-state index contributed by atoms with van der Waals surface area (Å²) in [5.74, 6) is -0.691. The highest BCUT2D eigenvalue weighted by Gasteiger charge is 2.28. The van der Waals surface area contributed by atoms with Gasteiger partial charge in [0.05, 0.1) is 34.5 Å². The number of benzene rings is 2. The Bertz CT molecular complexity index is 1840. The van der Waals surface area contributed by atoms with Gasteiger partial charge in [-0.1, -0.05) is 64.8 Å². The predicted molar refractivity (Wildman–Crippen MR) is 149 cm³/mol. The first-order valence-corrected chi connectivity index (χ1v) is 13.2. The molecule has 0 saturated carbocycles.